The smallest absolute Gasteiger partial charge is 0.162 e. The van der Waals surface area contributed by atoms with Gasteiger partial charge in [0, 0.05) is 38.4 Å². The molecule has 3 aromatic heterocycles. The van der Waals surface area contributed by atoms with Gasteiger partial charge in [-0.2, -0.15) is 0 Å². The van der Waals surface area contributed by atoms with Crippen molar-refractivity contribution < 1.29 is 4.42 Å². The standard InChI is InChI=1S/C53H31N3O/c1-2-12-35-29-36(26-21-32(35)11-1)47-31-48(37-27-28-42-40-15-4-3-13-38(40)39-14-5-6-16-41(39)45(42)30-37)56-53(55-47)34-24-22-33(23-25-34)51-52-50(43-17-7-9-19-46(43)54-51)44-18-8-10-20-49(44)57-52/h1-31H. The molecule has 0 aliphatic carbocycles. The van der Waals surface area contributed by atoms with Crippen LogP contribution in [0.2, 0.25) is 0 Å². The molecular weight excluding hydrogens is 695 g/mol. The third-order valence-corrected chi connectivity index (χ3v) is 11.4. The Morgan fingerprint density at radius 2 is 0.860 bits per heavy atom. The minimum absolute atomic E-state index is 0.658. The molecule has 57 heavy (non-hydrogen) atoms. The molecule has 0 amide bonds. The van der Waals surface area contributed by atoms with E-state index in [1.54, 1.807) is 0 Å². The van der Waals surface area contributed by atoms with Crippen molar-refractivity contribution in [1.82, 2.24) is 15.0 Å². The predicted octanol–water partition coefficient (Wildman–Crippen LogP) is 14.2. The van der Waals surface area contributed by atoms with Crippen LogP contribution in [0.15, 0.2) is 192 Å². The SMILES string of the molecule is c1ccc2cc(-c3cc(-c4ccc5c6ccccc6c6ccccc6c5c4)nc(-c4ccc(-c5nc6ccccc6c6c5oc5ccccc56)cc4)n3)ccc2c1. The van der Waals surface area contributed by atoms with Gasteiger partial charge >= 0.3 is 0 Å². The van der Waals surface area contributed by atoms with E-state index in [0.717, 1.165) is 72.2 Å². The summed E-state index contributed by atoms with van der Waals surface area (Å²) < 4.78 is 6.51. The fourth-order valence-electron chi connectivity index (χ4n) is 8.69. The van der Waals surface area contributed by atoms with Crippen LogP contribution in [0, 0.1) is 0 Å². The zero-order valence-electron chi connectivity index (χ0n) is 30.6. The molecule has 0 saturated heterocycles. The van der Waals surface area contributed by atoms with Crippen LogP contribution < -0.4 is 0 Å². The number of furan rings is 1. The zero-order valence-corrected chi connectivity index (χ0v) is 30.6. The van der Waals surface area contributed by atoms with Gasteiger partial charge in [0.2, 0.25) is 0 Å². The summed E-state index contributed by atoms with van der Waals surface area (Å²) in [6.45, 7) is 0. The summed E-state index contributed by atoms with van der Waals surface area (Å²) in [7, 11) is 0. The van der Waals surface area contributed by atoms with E-state index < -0.39 is 0 Å². The molecule has 0 atom stereocenters. The number of fused-ring (bicyclic) bond motifs is 12. The molecule has 4 nitrogen and oxygen atoms in total. The Labute approximate surface area is 327 Å². The third-order valence-electron chi connectivity index (χ3n) is 11.4. The summed E-state index contributed by atoms with van der Waals surface area (Å²) >= 11 is 0. The second-order valence-corrected chi connectivity index (χ2v) is 14.7. The van der Waals surface area contributed by atoms with Crippen LogP contribution in [-0.4, -0.2) is 15.0 Å². The average molecular weight is 726 g/mol. The monoisotopic (exact) mass is 725 g/mol. The van der Waals surface area contributed by atoms with Crippen LogP contribution >= 0.6 is 0 Å². The second-order valence-electron chi connectivity index (χ2n) is 14.7. The highest BCUT2D eigenvalue weighted by atomic mass is 16.3. The van der Waals surface area contributed by atoms with Gasteiger partial charge in [-0.3, -0.25) is 0 Å². The summed E-state index contributed by atoms with van der Waals surface area (Å²) in [5.74, 6) is 0.658. The van der Waals surface area contributed by atoms with E-state index in [1.807, 2.05) is 18.2 Å². The number of benzene rings is 9. The summed E-state index contributed by atoms with van der Waals surface area (Å²) in [4.78, 5) is 15.7. The highest BCUT2D eigenvalue weighted by molar-refractivity contribution is 6.26. The highest BCUT2D eigenvalue weighted by Gasteiger charge is 2.19. The molecule has 9 aromatic carbocycles. The maximum atomic E-state index is 6.51. The minimum Gasteiger partial charge on any atom is -0.454 e. The van der Waals surface area contributed by atoms with Crippen molar-refractivity contribution in [3.8, 4) is 45.2 Å². The number of aromatic nitrogens is 3. The molecule has 3 heterocycles. The molecule has 0 unspecified atom stereocenters. The first-order valence-corrected chi connectivity index (χ1v) is 19.3. The molecular formula is C53H31N3O. The summed E-state index contributed by atoms with van der Waals surface area (Å²) in [6, 6.07) is 66.2. The molecule has 0 aliphatic heterocycles. The predicted molar refractivity (Wildman–Crippen MR) is 236 cm³/mol. The van der Waals surface area contributed by atoms with Crippen LogP contribution in [0.1, 0.15) is 0 Å². The molecule has 12 aromatic rings. The Morgan fingerprint density at radius 3 is 1.60 bits per heavy atom. The van der Waals surface area contributed by atoms with E-state index in [4.69, 9.17) is 19.4 Å². The van der Waals surface area contributed by atoms with E-state index in [-0.39, 0.29) is 0 Å². The molecule has 0 fully saturated rings. The number of pyridine rings is 1. The second kappa shape index (κ2) is 12.4. The number of rotatable bonds is 4. The van der Waals surface area contributed by atoms with Gasteiger partial charge in [0.05, 0.1) is 16.9 Å². The minimum atomic E-state index is 0.658. The van der Waals surface area contributed by atoms with Crippen molar-refractivity contribution in [2.45, 2.75) is 0 Å². The van der Waals surface area contributed by atoms with Crippen LogP contribution in [0.3, 0.4) is 0 Å². The third kappa shape index (κ3) is 5.04. The maximum absolute atomic E-state index is 6.51. The number of hydrogen-bond acceptors (Lipinski definition) is 4. The van der Waals surface area contributed by atoms with E-state index in [0.29, 0.717) is 5.82 Å². The van der Waals surface area contributed by atoms with Crippen molar-refractivity contribution in [3.05, 3.63) is 188 Å². The molecule has 0 bridgehead atoms. The van der Waals surface area contributed by atoms with Gasteiger partial charge in [0.15, 0.2) is 11.4 Å². The van der Waals surface area contributed by atoms with Crippen LogP contribution in [0.4, 0.5) is 0 Å². The van der Waals surface area contributed by atoms with Crippen LogP contribution in [0.5, 0.6) is 0 Å². The highest BCUT2D eigenvalue weighted by Crippen LogP contribution is 2.41. The van der Waals surface area contributed by atoms with Crippen molar-refractivity contribution >= 4 is 75.9 Å². The average Bonchev–Trinajstić information content (AvgIpc) is 3.69. The molecule has 0 radical (unpaired) electrons. The number of nitrogens with zero attached hydrogens (tertiary/aromatic N) is 3. The lowest BCUT2D eigenvalue weighted by Crippen LogP contribution is -1.96. The van der Waals surface area contributed by atoms with Gasteiger partial charge in [0.1, 0.15) is 11.3 Å². The van der Waals surface area contributed by atoms with Gasteiger partial charge in [-0.15, -0.1) is 0 Å². The quantitative estimate of drug-likeness (QED) is 0.170. The van der Waals surface area contributed by atoms with E-state index >= 15 is 0 Å². The molecule has 0 saturated carbocycles. The summed E-state index contributed by atoms with van der Waals surface area (Å²) in [5, 5.41) is 13.1. The molecule has 12 rings (SSSR count). The molecule has 0 spiro atoms. The largest absolute Gasteiger partial charge is 0.454 e. The summed E-state index contributed by atoms with van der Waals surface area (Å²) in [5.41, 5.74) is 9.09. The maximum Gasteiger partial charge on any atom is 0.162 e. The summed E-state index contributed by atoms with van der Waals surface area (Å²) in [6.07, 6.45) is 0. The topological polar surface area (TPSA) is 51.8 Å². The van der Waals surface area contributed by atoms with E-state index in [1.165, 1.54) is 43.1 Å². The fourth-order valence-corrected chi connectivity index (χ4v) is 8.69. The Hall–Kier alpha value is -7.69. The van der Waals surface area contributed by atoms with Crippen molar-refractivity contribution in [3.63, 3.8) is 0 Å². The Balaban J connectivity index is 1.04. The van der Waals surface area contributed by atoms with Crippen LogP contribution in [-0.2, 0) is 0 Å². The Kier molecular flexibility index (Phi) is 6.89. The van der Waals surface area contributed by atoms with Gasteiger partial charge in [0.25, 0.3) is 0 Å². The lowest BCUT2D eigenvalue weighted by Gasteiger charge is -2.13. The van der Waals surface area contributed by atoms with Gasteiger partial charge in [-0.05, 0) is 73.4 Å². The first kappa shape index (κ1) is 31.6. The van der Waals surface area contributed by atoms with Crippen molar-refractivity contribution in [2.24, 2.45) is 0 Å². The first-order chi connectivity index (χ1) is 28.2. The molecule has 0 aliphatic rings. The first-order valence-electron chi connectivity index (χ1n) is 19.3. The Morgan fingerprint density at radius 1 is 0.333 bits per heavy atom. The Bertz CT molecular complexity index is 3550. The van der Waals surface area contributed by atoms with Gasteiger partial charge in [-0.1, -0.05) is 158 Å². The number of hydrogen-bond donors (Lipinski definition) is 0. The van der Waals surface area contributed by atoms with E-state index in [9.17, 15) is 0 Å². The lowest BCUT2D eigenvalue weighted by atomic mass is 9.92. The molecule has 0 N–H and O–H groups in total. The zero-order chi connectivity index (χ0) is 37.5. The normalized spacial score (nSPS) is 11.9. The van der Waals surface area contributed by atoms with Crippen LogP contribution in [0.25, 0.3) is 121 Å². The van der Waals surface area contributed by atoms with Crippen molar-refractivity contribution in [2.75, 3.05) is 0 Å². The van der Waals surface area contributed by atoms with Crippen molar-refractivity contribution in [1.29, 1.82) is 0 Å². The van der Waals surface area contributed by atoms with Gasteiger partial charge in [-0.25, -0.2) is 15.0 Å². The number of para-hydroxylation sites is 2. The van der Waals surface area contributed by atoms with Gasteiger partial charge < -0.3 is 4.42 Å². The molecule has 4 heteroatoms. The van der Waals surface area contributed by atoms with E-state index in [2.05, 4.69) is 170 Å². The molecule has 264 valence electrons. The lowest BCUT2D eigenvalue weighted by molar-refractivity contribution is 0.669. The fraction of sp³-hybridized carbons (Fsp3) is 0.